The number of para-hydroxylation sites is 3. The van der Waals surface area contributed by atoms with Crippen molar-refractivity contribution in [1.29, 1.82) is 0 Å². The van der Waals surface area contributed by atoms with Crippen LogP contribution in [0.25, 0.3) is 22.6 Å². The summed E-state index contributed by atoms with van der Waals surface area (Å²) in [6.07, 6.45) is 4.97. The quantitative estimate of drug-likeness (QED) is 0.358. The van der Waals surface area contributed by atoms with E-state index in [9.17, 15) is 4.79 Å². The summed E-state index contributed by atoms with van der Waals surface area (Å²) in [5.41, 5.74) is 8.90. The van der Waals surface area contributed by atoms with E-state index in [0.717, 1.165) is 16.7 Å². The predicted octanol–water partition coefficient (Wildman–Crippen LogP) is 3.19. The van der Waals surface area contributed by atoms with Gasteiger partial charge in [-0.1, -0.05) is 30.3 Å². The standard InChI is InChI=1S/C25H23N9O/c1-27-24-28-15-12-19(32-24)23-31-18-10-5-6-11-20(18)34(23)21(22(26)35)16-33(17-8-3-2-4-9-17)25-29-13-7-14-30-25/h2-15,21H,16H2,1H3,(H2,26,35)(H,27,28,32). The molecule has 0 aliphatic heterocycles. The van der Waals surface area contributed by atoms with Gasteiger partial charge in [0.15, 0.2) is 5.82 Å². The highest BCUT2D eigenvalue weighted by Gasteiger charge is 2.29. The molecule has 1 amide bonds. The Hall–Kier alpha value is -4.86. The summed E-state index contributed by atoms with van der Waals surface area (Å²) in [6.45, 7) is 0.181. The van der Waals surface area contributed by atoms with Gasteiger partial charge in [0.05, 0.1) is 17.6 Å². The number of amides is 1. The SMILES string of the molecule is CNc1nccc(-c2nc3ccccc3n2C(CN(c2ccccc2)c2ncccn2)C(N)=O)n1. The summed E-state index contributed by atoms with van der Waals surface area (Å²) in [5.74, 6) is 0.890. The van der Waals surface area contributed by atoms with Crippen LogP contribution in [0.1, 0.15) is 6.04 Å². The van der Waals surface area contributed by atoms with E-state index in [2.05, 4.69) is 25.3 Å². The van der Waals surface area contributed by atoms with Crippen LogP contribution in [0.2, 0.25) is 0 Å². The zero-order chi connectivity index (χ0) is 24.2. The molecule has 0 aliphatic rings. The van der Waals surface area contributed by atoms with Crippen LogP contribution >= 0.6 is 0 Å². The van der Waals surface area contributed by atoms with E-state index in [1.54, 1.807) is 37.8 Å². The van der Waals surface area contributed by atoms with E-state index in [-0.39, 0.29) is 6.54 Å². The van der Waals surface area contributed by atoms with Crippen LogP contribution in [0.4, 0.5) is 17.6 Å². The van der Waals surface area contributed by atoms with Crippen LogP contribution in [0, 0.1) is 0 Å². The number of hydrogen-bond acceptors (Lipinski definition) is 8. The summed E-state index contributed by atoms with van der Waals surface area (Å²) >= 11 is 0. The van der Waals surface area contributed by atoms with Gasteiger partial charge in [0, 0.05) is 31.3 Å². The molecule has 3 heterocycles. The average Bonchev–Trinajstić information content (AvgIpc) is 3.29. The molecule has 5 aromatic rings. The third-order valence-corrected chi connectivity index (χ3v) is 5.56. The Kier molecular flexibility index (Phi) is 6.00. The highest BCUT2D eigenvalue weighted by Crippen LogP contribution is 2.31. The van der Waals surface area contributed by atoms with Gasteiger partial charge in [-0.3, -0.25) is 4.79 Å². The molecule has 0 aliphatic carbocycles. The summed E-state index contributed by atoms with van der Waals surface area (Å²) in [4.78, 5) is 37.3. The first-order chi connectivity index (χ1) is 17.2. The fraction of sp³-hybridized carbons (Fsp3) is 0.120. The molecule has 0 saturated carbocycles. The molecule has 174 valence electrons. The average molecular weight is 466 g/mol. The van der Waals surface area contributed by atoms with Crippen molar-refractivity contribution in [3.63, 3.8) is 0 Å². The van der Waals surface area contributed by atoms with E-state index in [4.69, 9.17) is 10.7 Å². The molecule has 5 rings (SSSR count). The molecule has 0 fully saturated rings. The maximum Gasteiger partial charge on any atom is 0.242 e. The maximum atomic E-state index is 13.0. The van der Waals surface area contributed by atoms with Crippen molar-refractivity contribution in [2.24, 2.45) is 5.73 Å². The minimum Gasteiger partial charge on any atom is -0.368 e. The fourth-order valence-electron chi connectivity index (χ4n) is 3.96. The number of anilines is 3. The van der Waals surface area contributed by atoms with Gasteiger partial charge < -0.3 is 20.5 Å². The Balaban J connectivity index is 1.68. The first kappa shape index (κ1) is 22.0. The molecule has 3 aromatic heterocycles. The fourth-order valence-corrected chi connectivity index (χ4v) is 3.96. The molecule has 3 N–H and O–H groups in total. The molecule has 10 heteroatoms. The number of nitrogens with one attached hydrogen (secondary N) is 1. The van der Waals surface area contributed by atoms with Crippen molar-refractivity contribution in [1.82, 2.24) is 29.5 Å². The van der Waals surface area contributed by atoms with Crippen LogP contribution in [-0.4, -0.2) is 49.0 Å². The Labute approximate surface area is 201 Å². The number of nitrogens with zero attached hydrogens (tertiary/aromatic N) is 7. The van der Waals surface area contributed by atoms with Crippen LogP contribution < -0.4 is 16.0 Å². The molecule has 2 aromatic carbocycles. The number of carbonyl (C=O) groups is 1. The second-order valence-corrected chi connectivity index (χ2v) is 7.72. The normalized spacial score (nSPS) is 11.8. The highest BCUT2D eigenvalue weighted by atomic mass is 16.1. The summed E-state index contributed by atoms with van der Waals surface area (Å²) < 4.78 is 1.83. The number of carbonyl (C=O) groups excluding carboxylic acids is 1. The van der Waals surface area contributed by atoms with Gasteiger partial charge in [0.1, 0.15) is 11.7 Å². The van der Waals surface area contributed by atoms with E-state index in [1.165, 1.54) is 0 Å². The molecular weight excluding hydrogens is 442 g/mol. The van der Waals surface area contributed by atoms with Crippen molar-refractivity contribution < 1.29 is 4.79 Å². The number of rotatable bonds is 8. The molecule has 35 heavy (non-hydrogen) atoms. The first-order valence-corrected chi connectivity index (χ1v) is 11.0. The van der Waals surface area contributed by atoms with Crippen LogP contribution in [0.5, 0.6) is 0 Å². The van der Waals surface area contributed by atoms with Gasteiger partial charge in [0.25, 0.3) is 0 Å². The third kappa shape index (κ3) is 4.36. The predicted molar refractivity (Wildman–Crippen MR) is 134 cm³/mol. The Morgan fingerprint density at radius 3 is 2.43 bits per heavy atom. The van der Waals surface area contributed by atoms with Crippen LogP contribution in [0.3, 0.4) is 0 Å². The van der Waals surface area contributed by atoms with Crippen molar-refractivity contribution in [2.75, 3.05) is 23.8 Å². The Morgan fingerprint density at radius 2 is 1.69 bits per heavy atom. The van der Waals surface area contributed by atoms with E-state index in [0.29, 0.717) is 23.4 Å². The summed E-state index contributed by atoms with van der Waals surface area (Å²) in [5, 5.41) is 2.94. The number of benzene rings is 2. The summed E-state index contributed by atoms with van der Waals surface area (Å²) in [7, 11) is 1.74. The van der Waals surface area contributed by atoms with Crippen molar-refractivity contribution in [2.45, 2.75) is 6.04 Å². The lowest BCUT2D eigenvalue weighted by Gasteiger charge is -2.28. The lowest BCUT2D eigenvalue weighted by Crippen LogP contribution is -2.37. The lowest BCUT2D eigenvalue weighted by molar-refractivity contribution is -0.120. The smallest absolute Gasteiger partial charge is 0.242 e. The van der Waals surface area contributed by atoms with Crippen LogP contribution in [0.15, 0.2) is 85.3 Å². The van der Waals surface area contributed by atoms with E-state index in [1.807, 2.05) is 64.1 Å². The molecule has 0 spiro atoms. The summed E-state index contributed by atoms with van der Waals surface area (Å²) in [6, 6.07) is 19.9. The first-order valence-electron chi connectivity index (χ1n) is 11.0. The lowest BCUT2D eigenvalue weighted by atomic mass is 10.2. The Morgan fingerprint density at radius 1 is 0.943 bits per heavy atom. The number of fused-ring (bicyclic) bond motifs is 1. The molecule has 1 unspecified atom stereocenters. The monoisotopic (exact) mass is 465 g/mol. The topological polar surface area (TPSA) is 128 Å². The number of nitrogens with two attached hydrogens (primary N) is 1. The molecule has 0 bridgehead atoms. The van der Waals surface area contributed by atoms with Gasteiger partial charge in [0.2, 0.25) is 17.8 Å². The number of imidazole rings is 1. The van der Waals surface area contributed by atoms with E-state index < -0.39 is 11.9 Å². The van der Waals surface area contributed by atoms with Gasteiger partial charge in [-0.05, 0) is 36.4 Å². The van der Waals surface area contributed by atoms with Gasteiger partial charge in [-0.15, -0.1) is 0 Å². The third-order valence-electron chi connectivity index (χ3n) is 5.56. The number of primary amides is 1. The van der Waals surface area contributed by atoms with Gasteiger partial charge >= 0.3 is 0 Å². The molecular formula is C25H23N9O. The zero-order valence-corrected chi connectivity index (χ0v) is 19.0. The van der Waals surface area contributed by atoms with Gasteiger partial charge in [-0.2, -0.15) is 0 Å². The second-order valence-electron chi connectivity index (χ2n) is 7.72. The minimum absolute atomic E-state index is 0.181. The molecule has 0 saturated heterocycles. The van der Waals surface area contributed by atoms with Gasteiger partial charge in [-0.25, -0.2) is 24.9 Å². The maximum absolute atomic E-state index is 13.0. The van der Waals surface area contributed by atoms with E-state index >= 15 is 0 Å². The minimum atomic E-state index is -0.811. The highest BCUT2D eigenvalue weighted by molar-refractivity contribution is 5.86. The van der Waals surface area contributed by atoms with Crippen molar-refractivity contribution in [3.05, 3.63) is 85.3 Å². The van der Waals surface area contributed by atoms with Crippen LogP contribution in [-0.2, 0) is 4.79 Å². The Bertz CT molecular complexity index is 1410. The molecule has 0 radical (unpaired) electrons. The zero-order valence-electron chi connectivity index (χ0n) is 19.0. The largest absolute Gasteiger partial charge is 0.368 e. The number of aromatic nitrogens is 6. The second kappa shape index (κ2) is 9.56. The van der Waals surface area contributed by atoms with Crippen molar-refractivity contribution in [3.8, 4) is 11.5 Å². The number of hydrogen-bond donors (Lipinski definition) is 2. The molecule has 1 atom stereocenters. The van der Waals surface area contributed by atoms with Crippen molar-refractivity contribution >= 4 is 34.5 Å². The molecule has 10 nitrogen and oxygen atoms in total.